The summed E-state index contributed by atoms with van der Waals surface area (Å²) >= 11 is 0. The largest absolute Gasteiger partial charge is 0.409 e. The molecule has 0 amide bonds. The Morgan fingerprint density at radius 2 is 2.47 bits per heavy atom. The average Bonchev–Trinajstić information content (AvgIpc) is 2.63. The molecule has 0 aromatic heterocycles. The second kappa shape index (κ2) is 6.63. The van der Waals surface area contributed by atoms with Crippen molar-refractivity contribution in [2.75, 3.05) is 26.7 Å². The van der Waals surface area contributed by atoms with Crippen LogP contribution in [0.25, 0.3) is 0 Å². The first-order chi connectivity index (χ1) is 7.24. The molecule has 1 aliphatic rings. The quantitative estimate of drug-likeness (QED) is 0.194. The van der Waals surface area contributed by atoms with Gasteiger partial charge in [0.1, 0.15) is 5.84 Å². The number of oxime groups is 1. The molecule has 0 radical (unpaired) electrons. The van der Waals surface area contributed by atoms with E-state index in [-0.39, 0.29) is 0 Å². The van der Waals surface area contributed by atoms with E-state index in [1.54, 1.807) is 0 Å². The van der Waals surface area contributed by atoms with E-state index in [4.69, 9.17) is 10.9 Å². The minimum Gasteiger partial charge on any atom is -0.409 e. The van der Waals surface area contributed by atoms with Crippen LogP contribution in [0.2, 0.25) is 0 Å². The summed E-state index contributed by atoms with van der Waals surface area (Å²) in [4.78, 5) is 2.40. The third-order valence-electron chi connectivity index (χ3n) is 2.97. The molecule has 4 N–H and O–H groups in total. The highest BCUT2D eigenvalue weighted by molar-refractivity contribution is 5.79. The van der Waals surface area contributed by atoms with Gasteiger partial charge in [0.15, 0.2) is 0 Å². The van der Waals surface area contributed by atoms with Crippen LogP contribution in [-0.2, 0) is 0 Å². The molecule has 0 spiro atoms. The average molecular weight is 214 g/mol. The summed E-state index contributed by atoms with van der Waals surface area (Å²) in [5.74, 6) is 0.315. The molecule has 1 aliphatic heterocycles. The normalized spacial score (nSPS) is 23.5. The Hall–Kier alpha value is -0.810. The lowest BCUT2D eigenvalue weighted by atomic mass is 10.2. The van der Waals surface area contributed by atoms with E-state index in [1.807, 2.05) is 0 Å². The molecule has 1 unspecified atom stereocenters. The molecule has 0 aliphatic carbocycles. The van der Waals surface area contributed by atoms with Gasteiger partial charge in [0.05, 0.1) is 0 Å². The van der Waals surface area contributed by atoms with E-state index in [0.29, 0.717) is 18.3 Å². The van der Waals surface area contributed by atoms with Gasteiger partial charge in [-0.1, -0.05) is 5.16 Å². The lowest BCUT2D eigenvalue weighted by molar-refractivity contribution is 0.300. The van der Waals surface area contributed by atoms with E-state index < -0.39 is 0 Å². The number of nitrogens with zero attached hydrogens (tertiary/aromatic N) is 2. The number of nitrogens with two attached hydrogens (primary N) is 1. The van der Waals surface area contributed by atoms with Crippen LogP contribution in [0, 0.1) is 0 Å². The number of rotatable bonds is 6. The van der Waals surface area contributed by atoms with Crippen molar-refractivity contribution in [3.8, 4) is 0 Å². The molecule has 1 fully saturated rings. The molecular formula is C10H22N4O. The van der Waals surface area contributed by atoms with Crippen LogP contribution in [0.15, 0.2) is 5.16 Å². The Balaban J connectivity index is 1.97. The summed E-state index contributed by atoms with van der Waals surface area (Å²) in [6.07, 6.45) is 4.19. The summed E-state index contributed by atoms with van der Waals surface area (Å²) in [5.41, 5.74) is 5.36. The van der Waals surface area contributed by atoms with Crippen molar-refractivity contribution in [2.24, 2.45) is 10.9 Å². The maximum absolute atomic E-state index is 8.33. The van der Waals surface area contributed by atoms with Crippen LogP contribution in [0.3, 0.4) is 0 Å². The Labute approximate surface area is 91.3 Å². The lowest BCUT2D eigenvalue weighted by Crippen LogP contribution is -2.35. The molecule has 0 aromatic carbocycles. The Morgan fingerprint density at radius 1 is 1.67 bits per heavy atom. The summed E-state index contributed by atoms with van der Waals surface area (Å²) in [6.45, 7) is 3.20. The zero-order valence-corrected chi connectivity index (χ0v) is 9.45. The second-order valence-electron chi connectivity index (χ2n) is 4.18. The molecule has 15 heavy (non-hydrogen) atoms. The van der Waals surface area contributed by atoms with Crippen molar-refractivity contribution in [1.82, 2.24) is 10.2 Å². The van der Waals surface area contributed by atoms with Crippen LogP contribution in [0.5, 0.6) is 0 Å². The van der Waals surface area contributed by atoms with Crippen molar-refractivity contribution in [1.29, 1.82) is 0 Å². The van der Waals surface area contributed by atoms with Crippen LogP contribution in [-0.4, -0.2) is 48.7 Å². The first kappa shape index (κ1) is 12.3. The van der Waals surface area contributed by atoms with Crippen molar-refractivity contribution >= 4 is 5.84 Å². The van der Waals surface area contributed by atoms with Crippen LogP contribution < -0.4 is 11.1 Å². The second-order valence-corrected chi connectivity index (χ2v) is 4.18. The highest BCUT2D eigenvalue weighted by Crippen LogP contribution is 2.13. The zero-order valence-electron chi connectivity index (χ0n) is 9.45. The fraction of sp³-hybridized carbons (Fsp3) is 0.900. The van der Waals surface area contributed by atoms with Gasteiger partial charge in [-0.05, 0) is 39.4 Å². The standard InChI is InChI=1S/C10H22N4O/c1-14-7-3-4-9(14)8-12-6-2-5-10(11)13-15/h9,12,15H,2-8H2,1H3,(H2,11,13). The molecule has 0 saturated carbocycles. The molecule has 5 heteroatoms. The highest BCUT2D eigenvalue weighted by atomic mass is 16.4. The first-order valence-corrected chi connectivity index (χ1v) is 5.61. The smallest absolute Gasteiger partial charge is 0.139 e. The number of amidine groups is 1. The van der Waals surface area contributed by atoms with Gasteiger partial charge in [0, 0.05) is 19.0 Å². The topological polar surface area (TPSA) is 73.9 Å². The lowest BCUT2D eigenvalue weighted by Gasteiger charge is -2.19. The number of hydrogen-bond acceptors (Lipinski definition) is 4. The number of hydrogen-bond donors (Lipinski definition) is 3. The molecule has 0 aromatic rings. The molecular weight excluding hydrogens is 192 g/mol. The van der Waals surface area contributed by atoms with Gasteiger partial charge in [0.25, 0.3) is 0 Å². The summed E-state index contributed by atoms with van der Waals surface area (Å²) in [6, 6.07) is 0.689. The van der Waals surface area contributed by atoms with Crippen molar-refractivity contribution < 1.29 is 5.21 Å². The van der Waals surface area contributed by atoms with Crippen molar-refractivity contribution in [3.05, 3.63) is 0 Å². The molecule has 1 atom stereocenters. The fourth-order valence-electron chi connectivity index (χ4n) is 1.95. The molecule has 0 bridgehead atoms. The van der Waals surface area contributed by atoms with Gasteiger partial charge >= 0.3 is 0 Å². The Morgan fingerprint density at radius 3 is 3.07 bits per heavy atom. The van der Waals surface area contributed by atoms with E-state index in [1.165, 1.54) is 19.4 Å². The van der Waals surface area contributed by atoms with E-state index >= 15 is 0 Å². The van der Waals surface area contributed by atoms with Gasteiger partial charge in [0.2, 0.25) is 0 Å². The van der Waals surface area contributed by atoms with Crippen molar-refractivity contribution in [3.63, 3.8) is 0 Å². The zero-order chi connectivity index (χ0) is 11.1. The van der Waals surface area contributed by atoms with E-state index in [9.17, 15) is 0 Å². The van der Waals surface area contributed by atoms with Crippen LogP contribution >= 0.6 is 0 Å². The van der Waals surface area contributed by atoms with Crippen LogP contribution in [0.1, 0.15) is 25.7 Å². The SMILES string of the molecule is CN1CCCC1CNCCCC(N)=NO. The minimum absolute atomic E-state index is 0.315. The van der Waals surface area contributed by atoms with Crippen LogP contribution in [0.4, 0.5) is 0 Å². The predicted molar refractivity (Wildman–Crippen MR) is 61.2 cm³/mol. The van der Waals surface area contributed by atoms with E-state index in [2.05, 4.69) is 22.4 Å². The summed E-state index contributed by atoms with van der Waals surface area (Å²) in [7, 11) is 2.18. The summed E-state index contributed by atoms with van der Waals surface area (Å²) in [5, 5.41) is 14.7. The predicted octanol–water partition coefficient (Wildman–Crippen LogP) is 0.197. The van der Waals surface area contributed by atoms with Gasteiger partial charge in [-0.25, -0.2) is 0 Å². The Bertz CT molecular complexity index is 208. The fourth-order valence-corrected chi connectivity index (χ4v) is 1.95. The molecule has 5 nitrogen and oxygen atoms in total. The first-order valence-electron chi connectivity index (χ1n) is 5.61. The highest BCUT2D eigenvalue weighted by Gasteiger charge is 2.19. The van der Waals surface area contributed by atoms with Gasteiger partial charge in [-0.2, -0.15) is 0 Å². The molecule has 88 valence electrons. The number of likely N-dealkylation sites (N-methyl/N-ethyl adjacent to an activating group) is 1. The number of likely N-dealkylation sites (tertiary alicyclic amines) is 1. The van der Waals surface area contributed by atoms with E-state index in [0.717, 1.165) is 19.5 Å². The Kier molecular flexibility index (Phi) is 5.42. The maximum atomic E-state index is 8.33. The molecule has 1 rings (SSSR count). The van der Waals surface area contributed by atoms with Crippen molar-refractivity contribution in [2.45, 2.75) is 31.7 Å². The monoisotopic (exact) mass is 214 g/mol. The maximum Gasteiger partial charge on any atom is 0.139 e. The third kappa shape index (κ3) is 4.48. The molecule has 1 saturated heterocycles. The molecule has 1 heterocycles. The van der Waals surface area contributed by atoms with Gasteiger partial charge in [-0.3, -0.25) is 0 Å². The number of nitrogens with one attached hydrogen (secondary N) is 1. The summed E-state index contributed by atoms with van der Waals surface area (Å²) < 4.78 is 0. The minimum atomic E-state index is 0.315. The third-order valence-corrected chi connectivity index (χ3v) is 2.97. The van der Waals surface area contributed by atoms with Gasteiger partial charge < -0.3 is 21.2 Å². The van der Waals surface area contributed by atoms with Gasteiger partial charge in [-0.15, -0.1) is 0 Å².